The first kappa shape index (κ1) is 39.9. The molecule has 4 saturated carbocycles. The average molecular weight is 591 g/mol. The normalized spacial score (nSPS) is 24.7. The molecule has 2 nitrogen and oxygen atoms in total. The van der Waals surface area contributed by atoms with Gasteiger partial charge in [0.1, 0.15) is 0 Å². The molecule has 0 heterocycles. The molecule has 0 spiro atoms. The lowest BCUT2D eigenvalue weighted by Crippen LogP contribution is -2.49. The second kappa shape index (κ2) is 32.3. The Labute approximate surface area is 267 Å². The molecule has 0 saturated heterocycles. The van der Waals surface area contributed by atoms with Crippen molar-refractivity contribution in [3.63, 3.8) is 0 Å². The van der Waals surface area contributed by atoms with Gasteiger partial charge in [0.2, 0.25) is 0 Å². The Balaban J connectivity index is 0.000000281. The summed E-state index contributed by atoms with van der Waals surface area (Å²) in [6.45, 7) is 0. The van der Waals surface area contributed by atoms with Crippen LogP contribution in [0.25, 0.3) is 0 Å². The van der Waals surface area contributed by atoms with Gasteiger partial charge in [-0.05, 0) is 12.8 Å². The molecule has 0 aromatic carbocycles. The number of hydrogen-bond acceptors (Lipinski definition) is 2. The zero-order valence-corrected chi connectivity index (χ0v) is 29.2. The topological polar surface area (TPSA) is 52.0 Å². The standard InChI is InChI=1S/C10H22N2.3C10H20/c11-10(12)8-6-4-2-1-3-5-7-9-10;3*1-2-4-6-8-10-9-7-5-3-1/h1-9,11-12H2;3*1-10H2. The summed E-state index contributed by atoms with van der Waals surface area (Å²) < 4.78 is 0. The minimum atomic E-state index is -0.364. The fourth-order valence-corrected chi connectivity index (χ4v) is 7.22. The van der Waals surface area contributed by atoms with Crippen molar-refractivity contribution in [2.45, 2.75) is 256 Å². The molecular weight excluding hydrogens is 508 g/mol. The summed E-state index contributed by atoms with van der Waals surface area (Å²) in [5.41, 5.74) is 11.5. The van der Waals surface area contributed by atoms with Gasteiger partial charge in [0, 0.05) is 0 Å². The zero-order valence-electron chi connectivity index (χ0n) is 29.2. The second-order valence-electron chi connectivity index (χ2n) is 14.8. The van der Waals surface area contributed by atoms with Gasteiger partial charge in [-0.2, -0.15) is 0 Å². The van der Waals surface area contributed by atoms with Gasteiger partial charge in [-0.25, -0.2) is 0 Å². The Hall–Kier alpha value is -0.0800. The van der Waals surface area contributed by atoms with E-state index in [1.807, 2.05) is 0 Å². The van der Waals surface area contributed by atoms with Gasteiger partial charge in [0.05, 0.1) is 5.66 Å². The number of hydrogen-bond donors (Lipinski definition) is 2. The predicted molar refractivity (Wildman–Crippen MR) is 191 cm³/mol. The maximum atomic E-state index is 5.95. The van der Waals surface area contributed by atoms with Crippen molar-refractivity contribution in [3.8, 4) is 0 Å². The lowest BCUT2D eigenvalue weighted by Gasteiger charge is -2.25. The summed E-state index contributed by atoms with van der Waals surface area (Å²) in [7, 11) is 0. The highest BCUT2D eigenvalue weighted by Crippen LogP contribution is 2.20. The van der Waals surface area contributed by atoms with Crippen LogP contribution in [-0.2, 0) is 0 Å². The molecule has 0 aliphatic heterocycles. The molecule has 0 unspecified atom stereocenters. The van der Waals surface area contributed by atoms with Crippen LogP contribution in [0.5, 0.6) is 0 Å². The van der Waals surface area contributed by atoms with Crippen LogP contribution < -0.4 is 11.5 Å². The van der Waals surface area contributed by atoms with Crippen LogP contribution in [0.2, 0.25) is 0 Å². The Morgan fingerprint density at radius 1 is 0.167 bits per heavy atom. The fraction of sp³-hybridized carbons (Fsp3) is 1.00. The van der Waals surface area contributed by atoms with Crippen molar-refractivity contribution < 1.29 is 0 Å². The molecule has 0 aromatic heterocycles. The molecule has 4 N–H and O–H groups in total. The smallest absolute Gasteiger partial charge is 0.0636 e. The van der Waals surface area contributed by atoms with Crippen LogP contribution in [0.3, 0.4) is 0 Å². The molecule has 0 radical (unpaired) electrons. The van der Waals surface area contributed by atoms with E-state index in [1.54, 1.807) is 0 Å². The zero-order chi connectivity index (χ0) is 30.1. The Bertz CT molecular complexity index is 343. The molecular formula is C40H82N2. The first-order valence-electron chi connectivity index (χ1n) is 20.3. The summed E-state index contributed by atoms with van der Waals surface area (Å²) in [4.78, 5) is 0. The molecule has 0 atom stereocenters. The highest BCUT2D eigenvalue weighted by atomic mass is 14.9. The Kier molecular flexibility index (Phi) is 30.7. The highest BCUT2D eigenvalue weighted by molar-refractivity contribution is 4.77. The molecule has 0 amide bonds. The van der Waals surface area contributed by atoms with Gasteiger partial charge in [0.15, 0.2) is 0 Å². The largest absolute Gasteiger partial charge is 0.313 e. The lowest BCUT2D eigenvalue weighted by molar-refractivity contribution is 0.336. The van der Waals surface area contributed by atoms with E-state index in [2.05, 4.69) is 0 Å². The molecule has 4 fully saturated rings. The van der Waals surface area contributed by atoms with E-state index in [9.17, 15) is 0 Å². The van der Waals surface area contributed by atoms with Gasteiger partial charge in [0.25, 0.3) is 0 Å². The van der Waals surface area contributed by atoms with Crippen molar-refractivity contribution >= 4 is 0 Å². The minimum absolute atomic E-state index is 0.364. The van der Waals surface area contributed by atoms with Crippen LogP contribution in [0.4, 0.5) is 0 Å². The molecule has 0 bridgehead atoms. The lowest BCUT2D eigenvalue weighted by atomic mass is 9.94. The number of rotatable bonds is 0. The summed E-state index contributed by atoms with van der Waals surface area (Å²) >= 11 is 0. The molecule has 0 aromatic rings. The third kappa shape index (κ3) is 31.3. The third-order valence-corrected chi connectivity index (χ3v) is 10.3. The van der Waals surface area contributed by atoms with Gasteiger partial charge < -0.3 is 11.5 Å². The predicted octanol–water partition coefficient (Wildman–Crippen LogP) is 13.8. The van der Waals surface area contributed by atoms with E-state index < -0.39 is 0 Å². The first-order valence-corrected chi connectivity index (χ1v) is 20.3. The van der Waals surface area contributed by atoms with Crippen LogP contribution >= 0.6 is 0 Å². The number of nitrogens with two attached hydrogens (primary N) is 2. The van der Waals surface area contributed by atoms with Crippen molar-refractivity contribution in [1.29, 1.82) is 0 Å². The van der Waals surface area contributed by atoms with Gasteiger partial charge in [-0.1, -0.05) is 238 Å². The molecule has 4 aliphatic carbocycles. The Morgan fingerprint density at radius 2 is 0.262 bits per heavy atom. The monoisotopic (exact) mass is 591 g/mol. The minimum Gasteiger partial charge on any atom is -0.313 e. The maximum Gasteiger partial charge on any atom is 0.0636 e. The van der Waals surface area contributed by atoms with Crippen LogP contribution in [0.15, 0.2) is 0 Å². The second-order valence-corrected chi connectivity index (χ2v) is 14.8. The van der Waals surface area contributed by atoms with E-state index in [-0.39, 0.29) is 5.66 Å². The van der Waals surface area contributed by atoms with Crippen LogP contribution in [0.1, 0.15) is 250 Å². The molecule has 4 aliphatic rings. The quantitative estimate of drug-likeness (QED) is 0.276. The van der Waals surface area contributed by atoms with E-state index in [0.29, 0.717) is 0 Å². The van der Waals surface area contributed by atoms with E-state index >= 15 is 0 Å². The molecule has 4 rings (SSSR count). The van der Waals surface area contributed by atoms with Crippen molar-refractivity contribution in [1.82, 2.24) is 0 Å². The van der Waals surface area contributed by atoms with Crippen LogP contribution in [-0.4, -0.2) is 5.66 Å². The van der Waals surface area contributed by atoms with Crippen molar-refractivity contribution in [3.05, 3.63) is 0 Å². The third-order valence-electron chi connectivity index (χ3n) is 10.3. The van der Waals surface area contributed by atoms with Gasteiger partial charge in [-0.15, -0.1) is 0 Å². The summed E-state index contributed by atoms with van der Waals surface area (Å²) in [6, 6.07) is 0. The summed E-state index contributed by atoms with van der Waals surface area (Å²) in [6.07, 6.45) is 56.2. The average Bonchev–Trinajstić information content (AvgIpc) is 3.02. The van der Waals surface area contributed by atoms with Gasteiger partial charge in [-0.3, -0.25) is 0 Å². The van der Waals surface area contributed by atoms with E-state index in [4.69, 9.17) is 11.5 Å². The summed E-state index contributed by atoms with van der Waals surface area (Å²) in [5, 5.41) is 0. The highest BCUT2D eigenvalue weighted by Gasteiger charge is 2.18. The Morgan fingerprint density at radius 3 is 0.381 bits per heavy atom. The summed E-state index contributed by atoms with van der Waals surface area (Å²) in [5.74, 6) is 0. The first-order chi connectivity index (χ1) is 20.7. The van der Waals surface area contributed by atoms with Gasteiger partial charge >= 0.3 is 0 Å². The molecule has 2 heteroatoms. The maximum absolute atomic E-state index is 5.95. The van der Waals surface area contributed by atoms with E-state index in [0.717, 1.165) is 12.8 Å². The van der Waals surface area contributed by atoms with E-state index in [1.165, 1.54) is 238 Å². The SMILES string of the molecule is C1CCCCCCCCC1.C1CCCCCCCCC1.C1CCCCCCCCC1.NC1(N)CCCCCCCCC1. The molecule has 42 heavy (non-hydrogen) atoms. The molecule has 252 valence electrons. The van der Waals surface area contributed by atoms with Crippen molar-refractivity contribution in [2.75, 3.05) is 0 Å². The van der Waals surface area contributed by atoms with Crippen LogP contribution in [0, 0.1) is 0 Å². The fourth-order valence-electron chi connectivity index (χ4n) is 7.22. The van der Waals surface area contributed by atoms with Crippen molar-refractivity contribution in [2.24, 2.45) is 11.5 Å².